The predicted molar refractivity (Wildman–Crippen MR) is 61.8 cm³/mol. The topological polar surface area (TPSA) is 26.3 Å². The summed E-state index contributed by atoms with van der Waals surface area (Å²) in [6.45, 7) is 0. The lowest BCUT2D eigenvalue weighted by atomic mass is 10.1. The van der Waals surface area contributed by atoms with E-state index < -0.39 is 29.6 Å². The van der Waals surface area contributed by atoms with Crippen LogP contribution in [0.1, 0.15) is 10.4 Å². The Labute approximate surface area is 120 Å². The number of alkyl halides is 7. The predicted octanol–water partition coefficient (Wildman–Crippen LogP) is 4.23. The van der Waals surface area contributed by atoms with Gasteiger partial charge in [0.1, 0.15) is 0 Å². The Morgan fingerprint density at radius 3 is 1.91 bits per heavy atom. The van der Waals surface area contributed by atoms with Crippen LogP contribution in [0.25, 0.3) is 0 Å². The largest absolute Gasteiger partial charge is 0.494 e. The molecule has 1 aromatic rings. The Balaban J connectivity index is 3.25. The highest BCUT2D eigenvalue weighted by molar-refractivity contribution is 6.04. The lowest BCUT2D eigenvalue weighted by Crippen LogP contribution is -2.53. The van der Waals surface area contributed by atoms with Crippen LogP contribution in [0.5, 0.6) is 0 Å². The first-order valence-corrected chi connectivity index (χ1v) is 5.63. The number of ether oxygens (including phenoxy) is 1. The molecule has 0 fully saturated rings. The van der Waals surface area contributed by atoms with Crippen molar-refractivity contribution in [3.05, 3.63) is 47.7 Å². The second kappa shape index (κ2) is 5.98. The van der Waals surface area contributed by atoms with E-state index in [4.69, 9.17) is 0 Å². The molecule has 0 aliphatic rings. The molecule has 22 heavy (non-hydrogen) atoms. The molecule has 0 saturated heterocycles. The maximum absolute atomic E-state index is 13.4. The molecule has 0 amide bonds. The fourth-order valence-corrected chi connectivity index (χ4v) is 1.42. The monoisotopic (exact) mass is 330 g/mol. The summed E-state index contributed by atoms with van der Waals surface area (Å²) in [7, 11) is 0.463. The van der Waals surface area contributed by atoms with Gasteiger partial charge >= 0.3 is 18.0 Å². The molecule has 9 heteroatoms. The standard InChI is InChI=1S/C13H9F7O2/c1-22-10(7-9(21)8-5-3-2-4-6-8)11(14,15)12(16,17)13(18,19)20/h2-7H,1H3. The van der Waals surface area contributed by atoms with Crippen LogP contribution in [0.2, 0.25) is 0 Å². The molecule has 2 nitrogen and oxygen atoms in total. The van der Waals surface area contributed by atoms with Gasteiger partial charge in [-0.05, 0) is 0 Å². The van der Waals surface area contributed by atoms with Gasteiger partial charge in [-0.2, -0.15) is 30.7 Å². The van der Waals surface area contributed by atoms with Gasteiger partial charge in [0, 0.05) is 11.6 Å². The highest BCUT2D eigenvalue weighted by Gasteiger charge is 2.75. The van der Waals surface area contributed by atoms with Crippen molar-refractivity contribution in [2.45, 2.75) is 18.0 Å². The summed E-state index contributed by atoms with van der Waals surface area (Å²) in [5, 5.41) is 0. The molecular weight excluding hydrogens is 321 g/mol. The van der Waals surface area contributed by atoms with Crippen LogP contribution in [0.15, 0.2) is 42.2 Å². The van der Waals surface area contributed by atoms with Crippen molar-refractivity contribution >= 4 is 5.78 Å². The molecule has 0 atom stereocenters. The summed E-state index contributed by atoms with van der Waals surface area (Å²) >= 11 is 0. The summed E-state index contributed by atoms with van der Waals surface area (Å²) in [5.74, 6) is -15.4. The Hall–Kier alpha value is -2.06. The minimum Gasteiger partial charge on any atom is -0.494 e. The Bertz CT molecular complexity index is 562. The zero-order valence-electron chi connectivity index (χ0n) is 10.9. The maximum Gasteiger partial charge on any atom is 0.460 e. The van der Waals surface area contributed by atoms with Crippen LogP contribution in [0.4, 0.5) is 30.7 Å². The first-order chi connectivity index (χ1) is 9.95. The number of hydrogen-bond donors (Lipinski definition) is 0. The lowest BCUT2D eigenvalue weighted by Gasteiger charge is -2.28. The van der Waals surface area contributed by atoms with E-state index in [0.29, 0.717) is 7.11 Å². The number of methoxy groups -OCH3 is 1. The molecule has 122 valence electrons. The van der Waals surface area contributed by atoms with E-state index in [2.05, 4.69) is 4.74 Å². The van der Waals surface area contributed by atoms with E-state index in [1.807, 2.05) is 0 Å². The number of benzene rings is 1. The molecule has 0 aliphatic carbocycles. The quantitative estimate of drug-likeness (QED) is 0.349. The van der Waals surface area contributed by atoms with E-state index in [0.717, 1.165) is 0 Å². The van der Waals surface area contributed by atoms with E-state index >= 15 is 0 Å². The van der Waals surface area contributed by atoms with Crippen LogP contribution in [-0.2, 0) is 4.74 Å². The minimum atomic E-state index is -6.51. The smallest absolute Gasteiger partial charge is 0.460 e. The molecule has 0 heterocycles. The van der Waals surface area contributed by atoms with Gasteiger partial charge in [0.25, 0.3) is 0 Å². The van der Waals surface area contributed by atoms with Crippen LogP contribution >= 0.6 is 0 Å². The molecular formula is C13H9F7O2. The van der Waals surface area contributed by atoms with E-state index in [9.17, 15) is 35.5 Å². The second-order valence-electron chi connectivity index (χ2n) is 4.09. The normalized spacial score (nSPS) is 13.9. The fourth-order valence-electron chi connectivity index (χ4n) is 1.42. The number of halogens is 7. The number of carbonyl (C=O) groups is 1. The van der Waals surface area contributed by atoms with E-state index in [1.54, 1.807) is 0 Å². The number of allylic oxidation sites excluding steroid dienone is 2. The lowest BCUT2D eigenvalue weighted by molar-refractivity contribution is -0.350. The molecule has 1 aromatic carbocycles. The van der Waals surface area contributed by atoms with Crippen LogP contribution < -0.4 is 0 Å². The number of hydrogen-bond acceptors (Lipinski definition) is 2. The van der Waals surface area contributed by atoms with Crippen molar-refractivity contribution in [3.8, 4) is 0 Å². The van der Waals surface area contributed by atoms with Gasteiger partial charge in [-0.3, -0.25) is 4.79 Å². The van der Waals surface area contributed by atoms with Crippen molar-refractivity contribution in [2.75, 3.05) is 7.11 Å². The number of carbonyl (C=O) groups excluding carboxylic acids is 1. The van der Waals surface area contributed by atoms with Crippen molar-refractivity contribution in [1.82, 2.24) is 0 Å². The third-order valence-electron chi connectivity index (χ3n) is 2.60. The van der Waals surface area contributed by atoms with Gasteiger partial charge in [-0.25, -0.2) is 0 Å². The highest BCUT2D eigenvalue weighted by Crippen LogP contribution is 2.49. The van der Waals surface area contributed by atoms with Gasteiger partial charge < -0.3 is 4.74 Å². The summed E-state index contributed by atoms with van der Waals surface area (Å²) in [6.07, 6.45) is -6.60. The third-order valence-corrected chi connectivity index (χ3v) is 2.60. The zero-order valence-corrected chi connectivity index (χ0v) is 10.9. The van der Waals surface area contributed by atoms with Gasteiger partial charge in [0.2, 0.25) is 0 Å². The molecule has 1 rings (SSSR count). The van der Waals surface area contributed by atoms with Crippen LogP contribution in [0, 0.1) is 0 Å². The van der Waals surface area contributed by atoms with Crippen molar-refractivity contribution in [1.29, 1.82) is 0 Å². The molecule has 0 saturated carbocycles. The average Bonchev–Trinajstić information content (AvgIpc) is 2.43. The molecule has 0 radical (unpaired) electrons. The van der Waals surface area contributed by atoms with Gasteiger partial charge in [0.05, 0.1) is 7.11 Å². The van der Waals surface area contributed by atoms with Crippen molar-refractivity contribution in [3.63, 3.8) is 0 Å². The fraction of sp³-hybridized carbons (Fsp3) is 0.308. The maximum atomic E-state index is 13.4. The molecule has 0 aliphatic heterocycles. The first-order valence-electron chi connectivity index (χ1n) is 5.63. The van der Waals surface area contributed by atoms with Crippen molar-refractivity contribution in [2.24, 2.45) is 0 Å². The molecule has 0 unspecified atom stereocenters. The minimum absolute atomic E-state index is 0.0883. The first kappa shape index (κ1) is 18.0. The summed E-state index contributed by atoms with van der Waals surface area (Å²) < 4.78 is 92.8. The average molecular weight is 330 g/mol. The molecule has 0 aromatic heterocycles. The van der Waals surface area contributed by atoms with Crippen molar-refractivity contribution < 1.29 is 40.3 Å². The van der Waals surface area contributed by atoms with Gasteiger partial charge in [0.15, 0.2) is 11.5 Å². The molecule has 0 N–H and O–H groups in total. The number of ketones is 1. The summed E-state index contributed by atoms with van der Waals surface area (Å²) in [6, 6.07) is 6.55. The SMILES string of the molecule is COC(=CC(=O)c1ccccc1)C(F)(F)C(F)(F)C(F)(F)F. The molecule has 0 bridgehead atoms. The van der Waals surface area contributed by atoms with E-state index in [1.165, 1.54) is 30.3 Å². The molecule has 0 spiro atoms. The van der Waals surface area contributed by atoms with E-state index in [-0.39, 0.29) is 11.6 Å². The zero-order chi connectivity index (χ0) is 17.2. The second-order valence-corrected chi connectivity index (χ2v) is 4.09. The van der Waals surface area contributed by atoms with Crippen LogP contribution in [-0.4, -0.2) is 30.9 Å². The highest BCUT2D eigenvalue weighted by atomic mass is 19.4. The summed E-state index contributed by atoms with van der Waals surface area (Å²) in [5.41, 5.74) is -0.178. The third kappa shape index (κ3) is 3.23. The Morgan fingerprint density at radius 2 is 1.50 bits per heavy atom. The Morgan fingerprint density at radius 1 is 1.00 bits per heavy atom. The summed E-state index contributed by atoms with van der Waals surface area (Å²) in [4.78, 5) is 11.6. The van der Waals surface area contributed by atoms with Gasteiger partial charge in [-0.15, -0.1) is 0 Å². The number of rotatable bonds is 5. The van der Waals surface area contributed by atoms with Gasteiger partial charge in [-0.1, -0.05) is 30.3 Å². The Kier molecular flexibility index (Phi) is 4.89. The van der Waals surface area contributed by atoms with Crippen LogP contribution in [0.3, 0.4) is 0 Å².